The van der Waals surface area contributed by atoms with Crippen molar-refractivity contribution in [2.24, 2.45) is 0 Å². The van der Waals surface area contributed by atoms with Crippen molar-refractivity contribution >= 4 is 29.0 Å². The molecule has 0 radical (unpaired) electrons. The first kappa shape index (κ1) is 14.2. The van der Waals surface area contributed by atoms with E-state index < -0.39 is 0 Å². The van der Waals surface area contributed by atoms with Crippen molar-refractivity contribution in [2.75, 3.05) is 5.73 Å². The number of aromatic nitrogens is 3. The summed E-state index contributed by atoms with van der Waals surface area (Å²) in [6.07, 6.45) is 2.93. The Morgan fingerprint density at radius 2 is 2.05 bits per heavy atom. The third-order valence-electron chi connectivity index (χ3n) is 3.02. The zero-order chi connectivity index (χ0) is 14.0. The van der Waals surface area contributed by atoms with Crippen LogP contribution in [0.5, 0.6) is 0 Å². The van der Waals surface area contributed by atoms with Gasteiger partial charge in [-0.15, -0.1) is 0 Å². The topological polar surface area (TPSA) is 56.7 Å². The van der Waals surface area contributed by atoms with Gasteiger partial charge in [-0.3, -0.25) is 4.68 Å². The number of halogens is 2. The Labute approximate surface area is 122 Å². The number of aryl methyl sites for hydroxylation is 2. The predicted molar refractivity (Wildman–Crippen MR) is 78.8 cm³/mol. The van der Waals surface area contributed by atoms with Gasteiger partial charge < -0.3 is 5.73 Å². The third kappa shape index (κ3) is 2.85. The Kier molecular flexibility index (Phi) is 4.32. The lowest BCUT2D eigenvalue weighted by Gasteiger charge is -2.08. The fourth-order valence-electron chi connectivity index (χ4n) is 2.00. The second-order valence-electron chi connectivity index (χ2n) is 4.25. The molecule has 0 bridgehead atoms. The molecule has 0 amide bonds. The molecule has 0 aliphatic carbocycles. The zero-order valence-corrected chi connectivity index (χ0v) is 12.5. The van der Waals surface area contributed by atoms with E-state index in [1.165, 1.54) is 6.20 Å². The first-order chi connectivity index (χ1) is 9.06. The van der Waals surface area contributed by atoms with Crippen molar-refractivity contribution < 1.29 is 0 Å². The van der Waals surface area contributed by atoms with E-state index in [1.54, 1.807) is 0 Å². The van der Waals surface area contributed by atoms with Crippen LogP contribution >= 0.6 is 23.2 Å². The van der Waals surface area contributed by atoms with Crippen LogP contribution in [0.1, 0.15) is 30.8 Å². The minimum atomic E-state index is 0.474. The van der Waals surface area contributed by atoms with Crippen molar-refractivity contribution in [1.82, 2.24) is 14.8 Å². The summed E-state index contributed by atoms with van der Waals surface area (Å²) in [6, 6.07) is 1.82. The van der Waals surface area contributed by atoms with E-state index in [4.69, 9.17) is 28.9 Å². The number of nitrogen functional groups attached to an aromatic ring is 1. The first-order valence-corrected chi connectivity index (χ1v) is 6.96. The fraction of sp³-hybridized carbons (Fsp3) is 0.385. The lowest BCUT2D eigenvalue weighted by Crippen LogP contribution is -2.06. The summed E-state index contributed by atoms with van der Waals surface area (Å²) in [5.74, 6) is 0.474. The van der Waals surface area contributed by atoms with Crippen LogP contribution in [0.2, 0.25) is 10.0 Å². The maximum atomic E-state index is 6.37. The minimum Gasteiger partial charge on any atom is -0.383 e. The van der Waals surface area contributed by atoms with E-state index in [1.807, 2.05) is 24.6 Å². The quantitative estimate of drug-likeness (QED) is 0.942. The molecule has 0 aromatic carbocycles. The molecule has 2 aromatic heterocycles. The van der Waals surface area contributed by atoms with Crippen LogP contribution in [0.15, 0.2) is 12.3 Å². The summed E-state index contributed by atoms with van der Waals surface area (Å²) in [4.78, 5) is 4.06. The van der Waals surface area contributed by atoms with E-state index >= 15 is 0 Å². The molecule has 4 nitrogen and oxygen atoms in total. The molecule has 6 heteroatoms. The molecule has 0 saturated heterocycles. The van der Waals surface area contributed by atoms with E-state index in [0.717, 1.165) is 29.9 Å². The second-order valence-corrected chi connectivity index (χ2v) is 5.07. The summed E-state index contributed by atoms with van der Waals surface area (Å²) in [5, 5.41) is 5.77. The van der Waals surface area contributed by atoms with Crippen LogP contribution in [0.4, 0.5) is 5.82 Å². The molecule has 2 N–H and O–H groups in total. The minimum absolute atomic E-state index is 0.474. The van der Waals surface area contributed by atoms with Crippen molar-refractivity contribution in [2.45, 2.75) is 33.2 Å². The summed E-state index contributed by atoms with van der Waals surface area (Å²) >= 11 is 12.3. The van der Waals surface area contributed by atoms with Gasteiger partial charge in [-0.1, -0.05) is 30.1 Å². The van der Waals surface area contributed by atoms with Crippen LogP contribution in [0, 0.1) is 0 Å². The van der Waals surface area contributed by atoms with Gasteiger partial charge in [0.25, 0.3) is 0 Å². The van der Waals surface area contributed by atoms with Gasteiger partial charge in [0.2, 0.25) is 0 Å². The van der Waals surface area contributed by atoms with Gasteiger partial charge >= 0.3 is 0 Å². The number of hydrogen-bond acceptors (Lipinski definition) is 3. The van der Waals surface area contributed by atoms with E-state index in [9.17, 15) is 0 Å². The lowest BCUT2D eigenvalue weighted by molar-refractivity contribution is 0.621. The monoisotopic (exact) mass is 298 g/mol. The van der Waals surface area contributed by atoms with Gasteiger partial charge in [-0.2, -0.15) is 5.10 Å². The van der Waals surface area contributed by atoms with Gasteiger partial charge in [0, 0.05) is 24.7 Å². The molecule has 0 aliphatic heterocycles. The van der Waals surface area contributed by atoms with Crippen LogP contribution < -0.4 is 5.73 Å². The molecule has 0 aliphatic rings. The maximum Gasteiger partial charge on any atom is 0.127 e. The number of hydrogen-bond donors (Lipinski definition) is 1. The standard InChI is InChI=1S/C13H16Cl2N4/c1-3-10-12(15)11(19(4-2)18-10)6-8-5-9(14)7-17-13(8)16/h5,7H,3-4,6H2,1-2H3,(H2,16,17). The summed E-state index contributed by atoms with van der Waals surface area (Å²) in [6.45, 7) is 4.84. The summed E-state index contributed by atoms with van der Waals surface area (Å²) < 4.78 is 1.90. The highest BCUT2D eigenvalue weighted by atomic mass is 35.5. The van der Waals surface area contributed by atoms with Gasteiger partial charge in [0.1, 0.15) is 5.82 Å². The van der Waals surface area contributed by atoms with E-state index in [-0.39, 0.29) is 0 Å². The SMILES string of the molecule is CCc1nn(CC)c(Cc2cc(Cl)cnc2N)c1Cl. The molecular weight excluding hydrogens is 283 g/mol. The summed E-state index contributed by atoms with van der Waals surface area (Å²) in [7, 11) is 0. The van der Waals surface area contributed by atoms with Crippen molar-refractivity contribution in [1.29, 1.82) is 0 Å². The number of nitrogens with two attached hydrogens (primary N) is 1. The van der Waals surface area contributed by atoms with Crippen LogP contribution in [0.25, 0.3) is 0 Å². The number of nitrogens with zero attached hydrogens (tertiary/aromatic N) is 3. The Hall–Kier alpha value is -1.26. The highest BCUT2D eigenvalue weighted by Gasteiger charge is 2.16. The Morgan fingerprint density at radius 1 is 1.32 bits per heavy atom. The molecule has 0 spiro atoms. The molecule has 2 aromatic rings. The normalized spacial score (nSPS) is 10.9. The smallest absolute Gasteiger partial charge is 0.127 e. The summed E-state index contributed by atoms with van der Waals surface area (Å²) in [5.41, 5.74) is 8.61. The van der Waals surface area contributed by atoms with Crippen molar-refractivity contribution in [3.8, 4) is 0 Å². The van der Waals surface area contributed by atoms with Crippen molar-refractivity contribution in [3.63, 3.8) is 0 Å². The Bertz CT molecular complexity index is 593. The van der Waals surface area contributed by atoms with Gasteiger partial charge in [0.15, 0.2) is 0 Å². The molecule has 2 rings (SSSR count). The van der Waals surface area contributed by atoms with Crippen LogP contribution in [-0.2, 0) is 19.4 Å². The van der Waals surface area contributed by atoms with E-state index in [2.05, 4.69) is 10.1 Å². The highest BCUT2D eigenvalue weighted by molar-refractivity contribution is 6.32. The molecule has 0 atom stereocenters. The molecule has 0 saturated carbocycles. The fourth-order valence-corrected chi connectivity index (χ4v) is 2.52. The van der Waals surface area contributed by atoms with Gasteiger partial charge in [-0.25, -0.2) is 4.98 Å². The van der Waals surface area contributed by atoms with Crippen LogP contribution in [0.3, 0.4) is 0 Å². The third-order valence-corrected chi connectivity index (χ3v) is 3.66. The maximum absolute atomic E-state index is 6.37. The average molecular weight is 299 g/mol. The van der Waals surface area contributed by atoms with Gasteiger partial charge in [0.05, 0.1) is 21.4 Å². The first-order valence-electron chi connectivity index (χ1n) is 6.20. The molecule has 0 unspecified atom stereocenters. The van der Waals surface area contributed by atoms with Crippen molar-refractivity contribution in [3.05, 3.63) is 39.3 Å². The molecular formula is C13H16Cl2N4. The van der Waals surface area contributed by atoms with E-state index in [0.29, 0.717) is 22.3 Å². The second kappa shape index (κ2) is 5.80. The number of pyridine rings is 1. The Morgan fingerprint density at radius 3 is 2.68 bits per heavy atom. The Balaban J connectivity index is 2.42. The largest absolute Gasteiger partial charge is 0.383 e. The number of rotatable bonds is 4. The highest BCUT2D eigenvalue weighted by Crippen LogP contribution is 2.26. The number of anilines is 1. The average Bonchev–Trinajstić information content (AvgIpc) is 2.70. The van der Waals surface area contributed by atoms with Gasteiger partial charge in [-0.05, 0) is 19.4 Å². The van der Waals surface area contributed by atoms with Crippen LogP contribution in [-0.4, -0.2) is 14.8 Å². The lowest BCUT2D eigenvalue weighted by atomic mass is 10.1. The predicted octanol–water partition coefficient (Wildman–Crippen LogP) is 3.34. The molecule has 102 valence electrons. The molecule has 19 heavy (non-hydrogen) atoms. The zero-order valence-electron chi connectivity index (χ0n) is 11.0. The molecule has 0 fully saturated rings. The molecule has 2 heterocycles.